The molecule has 0 radical (unpaired) electrons. The second kappa shape index (κ2) is 11.4. The van der Waals surface area contributed by atoms with Crippen molar-refractivity contribution in [3.05, 3.63) is 176 Å². The van der Waals surface area contributed by atoms with Crippen molar-refractivity contribution in [2.75, 3.05) is 0 Å². The van der Waals surface area contributed by atoms with Crippen LogP contribution in [-0.2, 0) is 0 Å². The molecule has 5 heteroatoms. The van der Waals surface area contributed by atoms with Crippen molar-refractivity contribution in [2.24, 2.45) is 0 Å². The first-order valence-electron chi connectivity index (χ1n) is 16.8. The molecule has 3 aromatic heterocycles. The third-order valence-electron chi connectivity index (χ3n) is 9.57. The fourth-order valence-corrected chi connectivity index (χ4v) is 7.33. The molecular formula is C45H29N5. The van der Waals surface area contributed by atoms with E-state index in [1.165, 1.54) is 32.6 Å². The molecule has 234 valence electrons. The van der Waals surface area contributed by atoms with E-state index < -0.39 is 0 Å². The van der Waals surface area contributed by atoms with Crippen molar-refractivity contribution in [3.8, 4) is 45.5 Å². The highest BCUT2D eigenvalue weighted by Gasteiger charge is 2.21. The summed E-state index contributed by atoms with van der Waals surface area (Å²) in [6.07, 6.45) is 0. The lowest BCUT2D eigenvalue weighted by atomic mass is 10.1. The highest BCUT2D eigenvalue weighted by atomic mass is 15.0. The van der Waals surface area contributed by atoms with Gasteiger partial charge < -0.3 is 9.13 Å². The van der Waals surface area contributed by atoms with Crippen LogP contribution in [0, 0.1) is 0 Å². The summed E-state index contributed by atoms with van der Waals surface area (Å²) in [4.78, 5) is 14.8. The van der Waals surface area contributed by atoms with Gasteiger partial charge in [0.1, 0.15) is 0 Å². The molecule has 3 heterocycles. The third-order valence-corrected chi connectivity index (χ3v) is 9.57. The van der Waals surface area contributed by atoms with Crippen molar-refractivity contribution in [2.45, 2.75) is 0 Å². The summed E-state index contributed by atoms with van der Waals surface area (Å²) in [5, 5.41) is 4.94. The van der Waals surface area contributed by atoms with Gasteiger partial charge in [-0.15, -0.1) is 0 Å². The number of hydrogen-bond donors (Lipinski definition) is 0. The Morgan fingerprint density at radius 2 is 0.760 bits per heavy atom. The minimum atomic E-state index is 0.639. The van der Waals surface area contributed by atoms with Gasteiger partial charge in [-0.2, -0.15) is 0 Å². The molecular weight excluding hydrogens is 611 g/mol. The molecule has 0 N–H and O–H groups in total. The Balaban J connectivity index is 1.18. The molecule has 0 saturated heterocycles. The first-order valence-corrected chi connectivity index (χ1v) is 16.8. The van der Waals surface area contributed by atoms with E-state index in [1.807, 2.05) is 60.7 Å². The van der Waals surface area contributed by atoms with E-state index in [0.29, 0.717) is 17.5 Å². The summed E-state index contributed by atoms with van der Waals surface area (Å²) in [5.41, 5.74) is 9.78. The molecule has 0 amide bonds. The summed E-state index contributed by atoms with van der Waals surface area (Å²) in [6.45, 7) is 0. The maximum absolute atomic E-state index is 4.95. The van der Waals surface area contributed by atoms with Crippen LogP contribution < -0.4 is 0 Å². The van der Waals surface area contributed by atoms with Gasteiger partial charge in [-0.05, 0) is 54.6 Å². The van der Waals surface area contributed by atoms with Crippen molar-refractivity contribution >= 4 is 43.6 Å². The summed E-state index contributed by atoms with van der Waals surface area (Å²) in [5.74, 6) is 1.94. The van der Waals surface area contributed by atoms with E-state index in [-0.39, 0.29) is 0 Å². The Kier molecular flexibility index (Phi) is 6.42. The van der Waals surface area contributed by atoms with Gasteiger partial charge in [-0.1, -0.05) is 121 Å². The highest BCUT2D eigenvalue weighted by molar-refractivity contribution is 6.26. The first-order chi connectivity index (χ1) is 24.8. The molecule has 0 aliphatic heterocycles. The molecule has 0 atom stereocenters. The van der Waals surface area contributed by atoms with Crippen LogP contribution in [0.25, 0.3) is 89.2 Å². The average molecular weight is 640 g/mol. The zero-order valence-corrected chi connectivity index (χ0v) is 27.0. The molecule has 0 bridgehead atoms. The Morgan fingerprint density at radius 1 is 0.300 bits per heavy atom. The van der Waals surface area contributed by atoms with Crippen molar-refractivity contribution in [1.82, 2.24) is 24.1 Å². The second-order valence-corrected chi connectivity index (χ2v) is 12.5. The number of aromatic nitrogens is 5. The van der Waals surface area contributed by atoms with E-state index in [1.54, 1.807) is 0 Å². The highest BCUT2D eigenvalue weighted by Crippen LogP contribution is 2.42. The SMILES string of the molecule is c1ccc(-c2nc(-c3ccccc3)nc(-c3ccc(-n4c5ccccc5c5c4ccc4c6ccccc6n(-c6ccccc6)c45)cc3)n2)cc1. The van der Waals surface area contributed by atoms with Crippen molar-refractivity contribution in [3.63, 3.8) is 0 Å². The lowest BCUT2D eigenvalue weighted by Crippen LogP contribution is -2.00. The van der Waals surface area contributed by atoms with Crippen LogP contribution in [0.4, 0.5) is 0 Å². The van der Waals surface area contributed by atoms with Crippen molar-refractivity contribution in [1.29, 1.82) is 0 Å². The largest absolute Gasteiger partial charge is 0.309 e. The lowest BCUT2D eigenvalue weighted by molar-refractivity contribution is 1.07. The third kappa shape index (κ3) is 4.45. The minimum Gasteiger partial charge on any atom is -0.309 e. The minimum absolute atomic E-state index is 0.639. The Hall–Kier alpha value is -6.85. The van der Waals surface area contributed by atoms with E-state index in [0.717, 1.165) is 39.1 Å². The molecule has 0 unspecified atom stereocenters. The first kappa shape index (κ1) is 28.2. The summed E-state index contributed by atoms with van der Waals surface area (Å²) >= 11 is 0. The predicted molar refractivity (Wildman–Crippen MR) is 205 cm³/mol. The molecule has 7 aromatic carbocycles. The van der Waals surface area contributed by atoms with Crippen LogP contribution in [0.5, 0.6) is 0 Å². The zero-order valence-electron chi connectivity index (χ0n) is 27.0. The molecule has 0 spiro atoms. The topological polar surface area (TPSA) is 48.5 Å². The van der Waals surface area contributed by atoms with Crippen LogP contribution in [-0.4, -0.2) is 24.1 Å². The lowest BCUT2D eigenvalue weighted by Gasteiger charge is -2.11. The van der Waals surface area contributed by atoms with Crippen LogP contribution in [0.3, 0.4) is 0 Å². The second-order valence-electron chi connectivity index (χ2n) is 12.5. The Bertz CT molecular complexity index is 2780. The molecule has 0 saturated carbocycles. The van der Waals surface area contributed by atoms with E-state index >= 15 is 0 Å². The normalized spacial score (nSPS) is 11.6. The number of para-hydroxylation sites is 3. The molecule has 0 aliphatic rings. The van der Waals surface area contributed by atoms with Crippen molar-refractivity contribution < 1.29 is 0 Å². The molecule has 5 nitrogen and oxygen atoms in total. The molecule has 10 rings (SSSR count). The van der Waals surface area contributed by atoms with Gasteiger partial charge in [0, 0.05) is 49.6 Å². The summed E-state index contributed by atoms with van der Waals surface area (Å²) < 4.78 is 4.79. The van der Waals surface area contributed by atoms with E-state index in [4.69, 9.17) is 15.0 Å². The maximum atomic E-state index is 4.95. The zero-order chi connectivity index (χ0) is 33.0. The van der Waals surface area contributed by atoms with Gasteiger partial charge in [-0.25, -0.2) is 15.0 Å². The fraction of sp³-hybridized carbons (Fsp3) is 0. The van der Waals surface area contributed by atoms with E-state index in [9.17, 15) is 0 Å². The predicted octanol–water partition coefficient (Wildman–Crippen LogP) is 11.1. The molecule has 0 aliphatic carbocycles. The van der Waals surface area contributed by atoms with Crippen LogP contribution in [0.15, 0.2) is 176 Å². The number of nitrogens with zero attached hydrogens (tertiary/aromatic N) is 5. The summed E-state index contributed by atoms with van der Waals surface area (Å²) in [7, 11) is 0. The fourth-order valence-electron chi connectivity index (χ4n) is 7.33. The number of hydrogen-bond acceptors (Lipinski definition) is 3. The van der Waals surface area contributed by atoms with Gasteiger partial charge in [0.2, 0.25) is 0 Å². The van der Waals surface area contributed by atoms with Crippen LogP contribution in [0.2, 0.25) is 0 Å². The van der Waals surface area contributed by atoms with Gasteiger partial charge in [0.05, 0.1) is 22.1 Å². The molecule has 50 heavy (non-hydrogen) atoms. The molecule has 0 fully saturated rings. The smallest absolute Gasteiger partial charge is 0.164 e. The number of rotatable bonds is 5. The standard InChI is InChI=1S/C45H29N5/c1-4-14-30(15-5-1)43-46-44(31-16-6-2-7-17-31)48-45(47-43)32-24-26-34(27-25-32)49-39-23-13-11-21-37(39)41-40(49)29-28-36-35-20-10-12-22-38(35)50(42(36)41)33-18-8-3-9-19-33/h1-29H. The van der Waals surface area contributed by atoms with Gasteiger partial charge in [0.25, 0.3) is 0 Å². The quantitative estimate of drug-likeness (QED) is 0.188. The van der Waals surface area contributed by atoms with Crippen LogP contribution >= 0.6 is 0 Å². The number of fused-ring (bicyclic) bond motifs is 7. The monoisotopic (exact) mass is 639 g/mol. The average Bonchev–Trinajstić information content (AvgIpc) is 3.72. The van der Waals surface area contributed by atoms with Gasteiger partial charge in [0.15, 0.2) is 17.5 Å². The number of benzene rings is 7. The van der Waals surface area contributed by atoms with Crippen LogP contribution in [0.1, 0.15) is 0 Å². The summed E-state index contributed by atoms with van der Waals surface area (Å²) in [6, 6.07) is 61.4. The Labute approximate surface area is 288 Å². The van der Waals surface area contributed by atoms with Gasteiger partial charge >= 0.3 is 0 Å². The maximum Gasteiger partial charge on any atom is 0.164 e. The molecule has 10 aromatic rings. The Morgan fingerprint density at radius 3 is 1.36 bits per heavy atom. The van der Waals surface area contributed by atoms with E-state index in [2.05, 4.69) is 124 Å². The van der Waals surface area contributed by atoms with Gasteiger partial charge in [-0.3, -0.25) is 0 Å².